The molecule has 5 unspecified atom stereocenters. The first kappa shape index (κ1) is 17.8. The summed E-state index contributed by atoms with van der Waals surface area (Å²) in [4.78, 5) is 16.9. The molecule has 1 aromatic carbocycles. The van der Waals surface area contributed by atoms with Crippen LogP contribution in [-0.2, 0) is 4.79 Å². The second-order valence-corrected chi connectivity index (χ2v) is 7.49. The molecule has 5 atom stereocenters. The van der Waals surface area contributed by atoms with Crippen LogP contribution in [0.1, 0.15) is 12.0 Å². The van der Waals surface area contributed by atoms with Gasteiger partial charge in [0.2, 0.25) is 5.91 Å². The van der Waals surface area contributed by atoms with E-state index < -0.39 is 24.2 Å². The van der Waals surface area contributed by atoms with Crippen molar-refractivity contribution in [3.05, 3.63) is 29.8 Å². The van der Waals surface area contributed by atoms with Crippen LogP contribution in [0.2, 0.25) is 0 Å². The number of nitrogens with one attached hydrogen (secondary N) is 2. The van der Waals surface area contributed by atoms with Crippen molar-refractivity contribution >= 4 is 28.5 Å². The Kier molecular flexibility index (Phi) is 5.33. The van der Waals surface area contributed by atoms with Crippen LogP contribution in [0, 0.1) is 25.2 Å². The standard InChI is InChI=1S/C18H21N3O3S/c1-3-8-19-17(24)12-9-13(22)15(23)14-16(12)25-18(21-14)20-11-6-4-10(2)5-7-11/h1,4-7,12-16,22-23H,8-9H2,2H3,(H,19,24)(H,20,21). The van der Waals surface area contributed by atoms with Crippen molar-refractivity contribution in [2.24, 2.45) is 10.9 Å². The molecule has 1 amide bonds. The summed E-state index contributed by atoms with van der Waals surface area (Å²) < 4.78 is 0. The molecule has 0 radical (unpaired) electrons. The third kappa shape index (κ3) is 3.82. The summed E-state index contributed by atoms with van der Waals surface area (Å²) in [7, 11) is 0. The van der Waals surface area contributed by atoms with E-state index >= 15 is 0 Å². The van der Waals surface area contributed by atoms with Gasteiger partial charge in [-0.1, -0.05) is 35.4 Å². The summed E-state index contributed by atoms with van der Waals surface area (Å²) in [5.41, 5.74) is 2.04. The zero-order chi connectivity index (χ0) is 18.0. The third-order valence-electron chi connectivity index (χ3n) is 4.49. The van der Waals surface area contributed by atoms with Crippen LogP contribution in [0.3, 0.4) is 0 Å². The summed E-state index contributed by atoms with van der Waals surface area (Å²) in [6, 6.07) is 7.35. The Morgan fingerprint density at radius 3 is 2.80 bits per heavy atom. The molecule has 4 N–H and O–H groups in total. The van der Waals surface area contributed by atoms with Gasteiger partial charge in [0.1, 0.15) is 6.10 Å². The van der Waals surface area contributed by atoms with Crippen molar-refractivity contribution in [3.8, 4) is 12.3 Å². The van der Waals surface area contributed by atoms with E-state index in [1.165, 1.54) is 11.8 Å². The van der Waals surface area contributed by atoms with Gasteiger partial charge < -0.3 is 20.8 Å². The van der Waals surface area contributed by atoms with Crippen LogP contribution in [-0.4, -0.2) is 51.3 Å². The number of carbonyl (C=O) groups excluding carboxylic acids is 1. The van der Waals surface area contributed by atoms with Crippen molar-refractivity contribution < 1.29 is 15.0 Å². The van der Waals surface area contributed by atoms with Crippen LogP contribution in [0.4, 0.5) is 5.69 Å². The molecule has 1 saturated carbocycles. The third-order valence-corrected chi connectivity index (χ3v) is 5.80. The van der Waals surface area contributed by atoms with Gasteiger partial charge in [-0.25, -0.2) is 0 Å². The lowest BCUT2D eigenvalue weighted by Crippen LogP contribution is -2.54. The first-order chi connectivity index (χ1) is 12.0. The van der Waals surface area contributed by atoms with Gasteiger partial charge in [0.25, 0.3) is 0 Å². The zero-order valence-electron chi connectivity index (χ0n) is 13.8. The fourth-order valence-electron chi connectivity index (χ4n) is 3.14. The Labute approximate surface area is 151 Å². The number of terminal acetylenes is 1. The number of hydrogen-bond acceptors (Lipinski definition) is 6. The van der Waals surface area contributed by atoms with Crippen LogP contribution in [0.15, 0.2) is 29.3 Å². The second-order valence-electron chi connectivity index (χ2n) is 6.32. The molecule has 6 nitrogen and oxygen atoms in total. The molecule has 0 aromatic heterocycles. The molecular weight excluding hydrogens is 338 g/mol. The van der Waals surface area contributed by atoms with E-state index in [9.17, 15) is 15.0 Å². The molecule has 1 fully saturated rings. The number of aliphatic imine (C=N–C) groups is 1. The van der Waals surface area contributed by atoms with E-state index in [1.807, 2.05) is 31.2 Å². The van der Waals surface area contributed by atoms with Crippen LogP contribution in [0.25, 0.3) is 0 Å². The van der Waals surface area contributed by atoms with Crippen molar-refractivity contribution in [2.45, 2.75) is 36.8 Å². The van der Waals surface area contributed by atoms with Gasteiger partial charge in [-0.2, -0.15) is 0 Å². The molecule has 7 heteroatoms. The topological polar surface area (TPSA) is 94.0 Å². The molecule has 1 aromatic rings. The molecule has 1 heterocycles. The number of aliphatic hydroxyl groups is 2. The SMILES string of the molecule is C#CCNC(=O)C1CC(O)C(O)C2N=C(Nc3ccc(C)cc3)SC12. The predicted octanol–water partition coefficient (Wildman–Crippen LogP) is 0.738. The number of benzene rings is 1. The van der Waals surface area contributed by atoms with Crippen molar-refractivity contribution in [3.63, 3.8) is 0 Å². The highest BCUT2D eigenvalue weighted by atomic mass is 32.2. The van der Waals surface area contributed by atoms with Gasteiger partial charge in [-0.15, -0.1) is 6.42 Å². The van der Waals surface area contributed by atoms with E-state index in [-0.39, 0.29) is 24.1 Å². The van der Waals surface area contributed by atoms with E-state index in [1.54, 1.807) is 0 Å². The fourth-order valence-corrected chi connectivity index (χ4v) is 4.52. The monoisotopic (exact) mass is 359 g/mol. The largest absolute Gasteiger partial charge is 0.390 e. The van der Waals surface area contributed by atoms with Gasteiger partial charge >= 0.3 is 0 Å². The normalized spacial score (nSPS) is 30.8. The van der Waals surface area contributed by atoms with Gasteiger partial charge in [0, 0.05) is 10.9 Å². The second kappa shape index (κ2) is 7.48. The molecule has 0 spiro atoms. The number of amidine groups is 1. The molecule has 1 aliphatic carbocycles. The Bertz CT molecular complexity index is 713. The number of rotatable bonds is 3. The Hall–Kier alpha value is -2.01. The van der Waals surface area contributed by atoms with Gasteiger partial charge in [-0.05, 0) is 25.5 Å². The highest BCUT2D eigenvalue weighted by Crippen LogP contribution is 2.41. The minimum atomic E-state index is -0.981. The minimum Gasteiger partial charge on any atom is -0.390 e. The lowest BCUT2D eigenvalue weighted by Gasteiger charge is -2.37. The average molecular weight is 359 g/mol. The minimum absolute atomic E-state index is 0.144. The smallest absolute Gasteiger partial charge is 0.225 e. The maximum atomic E-state index is 12.4. The quantitative estimate of drug-likeness (QED) is 0.597. The molecule has 25 heavy (non-hydrogen) atoms. The first-order valence-corrected chi connectivity index (χ1v) is 9.03. The Balaban J connectivity index is 1.75. The summed E-state index contributed by atoms with van der Waals surface area (Å²) in [5, 5.41) is 26.7. The first-order valence-electron chi connectivity index (χ1n) is 8.15. The lowest BCUT2D eigenvalue weighted by molar-refractivity contribution is -0.129. The number of anilines is 1. The van der Waals surface area contributed by atoms with Crippen LogP contribution >= 0.6 is 11.8 Å². The van der Waals surface area contributed by atoms with E-state index in [4.69, 9.17) is 6.42 Å². The number of nitrogens with zero attached hydrogens (tertiary/aromatic N) is 1. The lowest BCUT2D eigenvalue weighted by atomic mass is 9.81. The maximum absolute atomic E-state index is 12.4. The van der Waals surface area contributed by atoms with E-state index in [0.717, 1.165) is 11.3 Å². The van der Waals surface area contributed by atoms with Crippen LogP contribution < -0.4 is 10.6 Å². The fraction of sp³-hybridized carbons (Fsp3) is 0.444. The molecule has 0 bridgehead atoms. The predicted molar refractivity (Wildman–Crippen MR) is 99.4 cm³/mol. The van der Waals surface area contributed by atoms with Gasteiger partial charge in [0.15, 0.2) is 5.17 Å². The number of carbonyl (C=O) groups is 1. The summed E-state index contributed by atoms with van der Waals surface area (Å²) in [5.74, 6) is 1.71. The Morgan fingerprint density at radius 1 is 1.40 bits per heavy atom. The molecule has 3 rings (SSSR count). The molecule has 1 aliphatic heterocycles. The zero-order valence-corrected chi connectivity index (χ0v) is 14.7. The van der Waals surface area contributed by atoms with E-state index in [2.05, 4.69) is 21.5 Å². The Morgan fingerprint density at radius 2 is 2.12 bits per heavy atom. The number of hydrogen-bond donors (Lipinski definition) is 4. The number of aryl methyl sites for hydroxylation is 1. The highest BCUT2D eigenvalue weighted by Gasteiger charge is 2.50. The number of fused-ring (bicyclic) bond motifs is 1. The molecule has 2 aliphatic rings. The van der Waals surface area contributed by atoms with Gasteiger partial charge in [0.05, 0.1) is 24.6 Å². The number of aliphatic hydroxyl groups excluding tert-OH is 2. The molecule has 0 saturated heterocycles. The van der Waals surface area contributed by atoms with Crippen LogP contribution in [0.5, 0.6) is 0 Å². The summed E-state index contributed by atoms with van der Waals surface area (Å²) >= 11 is 1.42. The number of amides is 1. The maximum Gasteiger partial charge on any atom is 0.225 e. The number of thioether (sulfide) groups is 1. The molecule has 132 valence electrons. The summed E-state index contributed by atoms with van der Waals surface area (Å²) in [6.45, 7) is 2.16. The average Bonchev–Trinajstić information content (AvgIpc) is 3.02. The molecular formula is C18H21N3O3S. The van der Waals surface area contributed by atoms with Crippen molar-refractivity contribution in [1.82, 2.24) is 5.32 Å². The van der Waals surface area contributed by atoms with Crippen molar-refractivity contribution in [1.29, 1.82) is 0 Å². The van der Waals surface area contributed by atoms with Crippen molar-refractivity contribution in [2.75, 3.05) is 11.9 Å². The summed E-state index contributed by atoms with van der Waals surface area (Å²) in [6.07, 6.45) is 3.42. The van der Waals surface area contributed by atoms with E-state index in [0.29, 0.717) is 5.17 Å². The van der Waals surface area contributed by atoms with Gasteiger partial charge in [-0.3, -0.25) is 9.79 Å². The highest BCUT2D eigenvalue weighted by molar-refractivity contribution is 8.15.